The van der Waals surface area contributed by atoms with E-state index >= 15 is 0 Å². The van der Waals surface area contributed by atoms with Gasteiger partial charge in [-0.25, -0.2) is 9.59 Å². The van der Waals surface area contributed by atoms with Crippen molar-refractivity contribution in [3.8, 4) is 11.3 Å². The van der Waals surface area contributed by atoms with Crippen molar-refractivity contribution in [2.75, 3.05) is 0 Å². The molecule has 0 fully saturated rings. The van der Waals surface area contributed by atoms with Gasteiger partial charge in [-0.1, -0.05) is 6.07 Å². The first-order chi connectivity index (χ1) is 8.52. The van der Waals surface area contributed by atoms with Gasteiger partial charge in [-0.3, -0.25) is 0 Å². The Bertz CT molecular complexity index is 611. The molecule has 0 saturated carbocycles. The summed E-state index contributed by atoms with van der Waals surface area (Å²) in [6, 6.07) is 6.07. The molecule has 0 radical (unpaired) electrons. The highest BCUT2D eigenvalue weighted by molar-refractivity contribution is 6.06. The third-order valence-corrected chi connectivity index (χ3v) is 2.63. The minimum Gasteiger partial charge on any atom is -0.478 e. The topological polar surface area (TPSA) is 87.7 Å². The SMILES string of the molecule is Cc1ccc(C(=O)O)c(C(=O)O)c1-c1ccco1. The molecule has 0 bridgehead atoms. The fraction of sp³-hybridized carbons (Fsp3) is 0.0769. The summed E-state index contributed by atoms with van der Waals surface area (Å²) in [5.74, 6) is -2.23. The minimum absolute atomic E-state index is 0.250. The Balaban J connectivity index is 2.82. The van der Waals surface area contributed by atoms with Crippen LogP contribution in [0.15, 0.2) is 34.9 Å². The molecular weight excluding hydrogens is 236 g/mol. The molecule has 5 heteroatoms. The van der Waals surface area contributed by atoms with E-state index in [1.165, 1.54) is 12.3 Å². The van der Waals surface area contributed by atoms with Crippen LogP contribution in [-0.2, 0) is 0 Å². The average molecular weight is 246 g/mol. The molecular formula is C13H10O5. The molecule has 2 N–H and O–H groups in total. The molecule has 0 saturated heterocycles. The van der Waals surface area contributed by atoms with E-state index in [-0.39, 0.29) is 11.1 Å². The van der Waals surface area contributed by atoms with E-state index in [1.807, 2.05) is 0 Å². The Morgan fingerprint density at radius 1 is 1.11 bits per heavy atom. The van der Waals surface area contributed by atoms with Gasteiger partial charge in [0.05, 0.1) is 17.4 Å². The van der Waals surface area contributed by atoms with Gasteiger partial charge in [0.2, 0.25) is 0 Å². The first-order valence-electron chi connectivity index (χ1n) is 5.16. The van der Waals surface area contributed by atoms with Crippen molar-refractivity contribution >= 4 is 11.9 Å². The summed E-state index contributed by atoms with van der Waals surface area (Å²) in [6.45, 7) is 1.70. The quantitative estimate of drug-likeness (QED) is 0.869. The van der Waals surface area contributed by atoms with E-state index < -0.39 is 11.9 Å². The fourth-order valence-corrected chi connectivity index (χ4v) is 1.85. The van der Waals surface area contributed by atoms with Crippen molar-refractivity contribution in [3.05, 3.63) is 47.2 Å². The molecule has 2 rings (SSSR count). The molecule has 1 aromatic carbocycles. The van der Waals surface area contributed by atoms with E-state index in [2.05, 4.69) is 0 Å². The van der Waals surface area contributed by atoms with E-state index in [0.717, 1.165) is 0 Å². The number of carboxylic acid groups (broad SMARTS) is 2. The van der Waals surface area contributed by atoms with Gasteiger partial charge in [-0.05, 0) is 30.7 Å². The molecule has 0 spiro atoms. The maximum absolute atomic E-state index is 11.3. The van der Waals surface area contributed by atoms with Gasteiger partial charge >= 0.3 is 11.9 Å². The van der Waals surface area contributed by atoms with E-state index in [0.29, 0.717) is 16.9 Å². The lowest BCUT2D eigenvalue weighted by Crippen LogP contribution is -2.10. The predicted molar refractivity (Wildman–Crippen MR) is 62.8 cm³/mol. The summed E-state index contributed by atoms with van der Waals surface area (Å²) in [7, 11) is 0. The number of furan rings is 1. The van der Waals surface area contributed by atoms with Crippen LogP contribution in [0.25, 0.3) is 11.3 Å². The maximum Gasteiger partial charge on any atom is 0.337 e. The highest BCUT2D eigenvalue weighted by atomic mass is 16.4. The van der Waals surface area contributed by atoms with Crippen molar-refractivity contribution in [1.82, 2.24) is 0 Å². The minimum atomic E-state index is -1.29. The Kier molecular flexibility index (Phi) is 2.89. The molecule has 0 aliphatic heterocycles. The van der Waals surface area contributed by atoms with Gasteiger partial charge in [0.1, 0.15) is 5.76 Å². The molecule has 1 heterocycles. The number of rotatable bonds is 3. The zero-order chi connectivity index (χ0) is 13.3. The zero-order valence-corrected chi connectivity index (χ0v) is 9.51. The molecule has 92 valence electrons. The van der Waals surface area contributed by atoms with Crippen LogP contribution < -0.4 is 0 Å². The standard InChI is InChI=1S/C13H10O5/c1-7-4-5-8(12(14)15)11(13(16)17)10(7)9-3-2-6-18-9/h2-6H,1H3,(H,14,15)(H,16,17). The molecule has 0 amide bonds. The molecule has 0 unspecified atom stereocenters. The summed E-state index contributed by atoms with van der Waals surface area (Å²) in [6.07, 6.45) is 1.41. The van der Waals surface area contributed by atoms with Crippen molar-refractivity contribution in [2.45, 2.75) is 6.92 Å². The summed E-state index contributed by atoms with van der Waals surface area (Å²) in [4.78, 5) is 22.4. The normalized spacial score (nSPS) is 10.3. The van der Waals surface area contributed by atoms with Gasteiger partial charge in [0.25, 0.3) is 0 Å². The van der Waals surface area contributed by atoms with Gasteiger partial charge in [0, 0.05) is 5.56 Å². The number of hydrogen-bond donors (Lipinski definition) is 2. The second-order valence-electron chi connectivity index (χ2n) is 3.77. The van der Waals surface area contributed by atoms with Gasteiger partial charge in [-0.15, -0.1) is 0 Å². The van der Waals surface area contributed by atoms with Crippen molar-refractivity contribution in [3.63, 3.8) is 0 Å². The zero-order valence-electron chi connectivity index (χ0n) is 9.51. The number of hydrogen-bond acceptors (Lipinski definition) is 3. The Labute approximate surface area is 102 Å². The first kappa shape index (κ1) is 11.9. The van der Waals surface area contributed by atoms with E-state index in [4.69, 9.17) is 9.52 Å². The van der Waals surface area contributed by atoms with E-state index in [9.17, 15) is 14.7 Å². The summed E-state index contributed by atoms with van der Waals surface area (Å²) >= 11 is 0. The van der Waals surface area contributed by atoms with E-state index in [1.54, 1.807) is 25.1 Å². The van der Waals surface area contributed by atoms with Crippen LogP contribution in [0, 0.1) is 6.92 Å². The van der Waals surface area contributed by atoms with Crippen LogP contribution in [0.1, 0.15) is 26.3 Å². The number of aromatic carboxylic acids is 2. The second-order valence-corrected chi connectivity index (χ2v) is 3.77. The smallest absolute Gasteiger partial charge is 0.337 e. The van der Waals surface area contributed by atoms with Gasteiger partial charge in [0.15, 0.2) is 0 Å². The van der Waals surface area contributed by atoms with Crippen molar-refractivity contribution in [1.29, 1.82) is 0 Å². The van der Waals surface area contributed by atoms with Crippen LogP contribution >= 0.6 is 0 Å². The number of benzene rings is 1. The predicted octanol–water partition coefficient (Wildman–Crippen LogP) is 2.65. The lowest BCUT2D eigenvalue weighted by Gasteiger charge is -2.10. The van der Waals surface area contributed by atoms with Crippen LogP contribution in [-0.4, -0.2) is 22.2 Å². The molecule has 0 aliphatic rings. The lowest BCUT2D eigenvalue weighted by atomic mass is 9.95. The van der Waals surface area contributed by atoms with Crippen LogP contribution in [0.3, 0.4) is 0 Å². The Morgan fingerprint density at radius 2 is 1.83 bits per heavy atom. The monoisotopic (exact) mass is 246 g/mol. The van der Waals surface area contributed by atoms with Gasteiger partial charge in [-0.2, -0.15) is 0 Å². The molecule has 2 aromatic rings. The highest BCUT2D eigenvalue weighted by Crippen LogP contribution is 2.30. The summed E-state index contributed by atoms with van der Waals surface area (Å²) < 4.78 is 5.17. The van der Waals surface area contributed by atoms with Crippen LogP contribution in [0.4, 0.5) is 0 Å². The van der Waals surface area contributed by atoms with Crippen molar-refractivity contribution < 1.29 is 24.2 Å². The molecule has 0 atom stereocenters. The van der Waals surface area contributed by atoms with Crippen molar-refractivity contribution in [2.24, 2.45) is 0 Å². The van der Waals surface area contributed by atoms with Crippen LogP contribution in [0.2, 0.25) is 0 Å². The molecule has 18 heavy (non-hydrogen) atoms. The number of aryl methyl sites for hydroxylation is 1. The van der Waals surface area contributed by atoms with Gasteiger partial charge < -0.3 is 14.6 Å². The first-order valence-corrected chi connectivity index (χ1v) is 5.16. The third kappa shape index (κ3) is 1.86. The Hall–Kier alpha value is -2.56. The summed E-state index contributed by atoms with van der Waals surface area (Å²) in [5.41, 5.74) is 0.441. The summed E-state index contributed by atoms with van der Waals surface area (Å²) in [5, 5.41) is 18.2. The maximum atomic E-state index is 11.3. The number of carboxylic acids is 2. The molecule has 1 aromatic heterocycles. The highest BCUT2D eigenvalue weighted by Gasteiger charge is 2.23. The van der Waals surface area contributed by atoms with Crippen LogP contribution in [0.5, 0.6) is 0 Å². The molecule has 0 aliphatic carbocycles. The third-order valence-electron chi connectivity index (χ3n) is 2.63. The fourth-order valence-electron chi connectivity index (χ4n) is 1.85. The lowest BCUT2D eigenvalue weighted by molar-refractivity contribution is 0.0652. The second kappa shape index (κ2) is 4.37. The Morgan fingerprint density at radius 3 is 2.33 bits per heavy atom. The number of carbonyl (C=O) groups is 2. The largest absolute Gasteiger partial charge is 0.478 e. The average Bonchev–Trinajstić information content (AvgIpc) is 2.81. The molecule has 5 nitrogen and oxygen atoms in total.